The van der Waals surface area contributed by atoms with E-state index >= 15 is 0 Å². The Labute approximate surface area is 110 Å². The number of aliphatic carboxylic acids is 1. The van der Waals surface area contributed by atoms with Gasteiger partial charge in [0.15, 0.2) is 0 Å². The number of amides is 1. The zero-order chi connectivity index (χ0) is 13.8. The highest BCUT2D eigenvalue weighted by atomic mass is 16.4. The summed E-state index contributed by atoms with van der Waals surface area (Å²) in [5, 5.41) is 9.00. The second-order valence-corrected chi connectivity index (χ2v) is 4.58. The lowest BCUT2D eigenvalue weighted by molar-refractivity contribution is -0.151. The number of benzene rings is 1. The highest BCUT2D eigenvalue weighted by molar-refractivity contribution is 6.36. The maximum Gasteiger partial charge on any atom is 0.326 e. The smallest absolute Gasteiger partial charge is 0.326 e. The summed E-state index contributed by atoms with van der Waals surface area (Å²) >= 11 is 0. The Bertz CT molecular complexity index is 497. The third-order valence-corrected chi connectivity index (χ3v) is 3.24. The number of carboxylic acids is 1. The molecule has 0 radical (unpaired) electrons. The second kappa shape index (κ2) is 5.65. The van der Waals surface area contributed by atoms with Gasteiger partial charge in [0.25, 0.3) is 5.91 Å². The molecule has 1 heterocycles. The van der Waals surface area contributed by atoms with Gasteiger partial charge >= 0.3 is 5.97 Å². The van der Waals surface area contributed by atoms with Crippen molar-refractivity contribution in [2.24, 2.45) is 0 Å². The topological polar surface area (TPSA) is 74.7 Å². The van der Waals surface area contributed by atoms with E-state index in [0.29, 0.717) is 19.4 Å². The van der Waals surface area contributed by atoms with E-state index in [9.17, 15) is 14.4 Å². The molecule has 1 N–H and O–H groups in total. The minimum absolute atomic E-state index is 0.0164. The van der Waals surface area contributed by atoms with Gasteiger partial charge in [0.1, 0.15) is 6.04 Å². The minimum Gasteiger partial charge on any atom is -0.480 e. The predicted octanol–water partition coefficient (Wildman–Crippen LogP) is 0.874. The molecule has 1 atom stereocenters. The number of ketones is 1. The molecule has 5 nitrogen and oxygen atoms in total. The molecule has 1 aliphatic heterocycles. The molecule has 1 fully saturated rings. The fourth-order valence-electron chi connectivity index (χ4n) is 2.28. The standard InChI is InChI=1S/C14H15NO4/c16-12(9-10-5-2-1-3-6-10)13(17)15-8-4-7-11(15)14(18)19/h1-3,5-6,11H,4,7-9H2,(H,18,19). The number of rotatable bonds is 4. The quantitative estimate of drug-likeness (QED) is 0.816. The molecule has 1 aliphatic rings. The van der Waals surface area contributed by atoms with Gasteiger partial charge in [-0.15, -0.1) is 0 Å². The molecule has 1 amide bonds. The summed E-state index contributed by atoms with van der Waals surface area (Å²) in [4.78, 5) is 36.0. The van der Waals surface area contributed by atoms with Gasteiger partial charge < -0.3 is 10.0 Å². The maximum atomic E-state index is 12.0. The highest BCUT2D eigenvalue weighted by Gasteiger charge is 2.36. The Morgan fingerprint density at radius 1 is 1.21 bits per heavy atom. The van der Waals surface area contributed by atoms with Crippen molar-refractivity contribution in [2.45, 2.75) is 25.3 Å². The van der Waals surface area contributed by atoms with E-state index in [1.165, 1.54) is 4.90 Å². The average molecular weight is 261 g/mol. The molecule has 1 aromatic rings. The Hall–Kier alpha value is -2.17. The number of carboxylic acid groups (broad SMARTS) is 1. The van der Waals surface area contributed by atoms with E-state index < -0.39 is 23.7 Å². The molecule has 0 bridgehead atoms. The normalized spacial score (nSPS) is 18.3. The SMILES string of the molecule is O=C(Cc1ccccc1)C(=O)N1CCCC1C(=O)O. The first-order valence-corrected chi connectivity index (χ1v) is 6.20. The number of hydrogen-bond donors (Lipinski definition) is 1. The largest absolute Gasteiger partial charge is 0.480 e. The third kappa shape index (κ3) is 2.99. The van der Waals surface area contributed by atoms with E-state index in [-0.39, 0.29) is 6.42 Å². The molecule has 0 aromatic heterocycles. The summed E-state index contributed by atoms with van der Waals surface area (Å²) in [5.41, 5.74) is 0.756. The van der Waals surface area contributed by atoms with Crippen LogP contribution in [-0.4, -0.2) is 40.3 Å². The molecular weight excluding hydrogens is 246 g/mol. The lowest BCUT2D eigenvalue weighted by Gasteiger charge is -2.20. The number of likely N-dealkylation sites (tertiary alicyclic amines) is 1. The zero-order valence-corrected chi connectivity index (χ0v) is 10.4. The molecular formula is C14H15NO4. The van der Waals surface area contributed by atoms with Crippen LogP contribution in [0.1, 0.15) is 18.4 Å². The van der Waals surface area contributed by atoms with E-state index in [4.69, 9.17) is 5.11 Å². The average Bonchev–Trinajstić information content (AvgIpc) is 2.88. The Kier molecular flexibility index (Phi) is 3.94. The van der Waals surface area contributed by atoms with Crippen molar-refractivity contribution in [2.75, 3.05) is 6.54 Å². The van der Waals surface area contributed by atoms with Crippen LogP contribution in [0.3, 0.4) is 0 Å². The number of carbonyl (C=O) groups excluding carboxylic acids is 2. The fraction of sp³-hybridized carbons (Fsp3) is 0.357. The van der Waals surface area contributed by atoms with Crippen molar-refractivity contribution >= 4 is 17.7 Å². The summed E-state index contributed by atoms with van der Waals surface area (Å²) in [6.07, 6.45) is 1.06. The van der Waals surface area contributed by atoms with Gasteiger partial charge in [0, 0.05) is 13.0 Å². The maximum absolute atomic E-state index is 12.0. The van der Waals surface area contributed by atoms with Crippen molar-refractivity contribution < 1.29 is 19.5 Å². The molecule has 5 heteroatoms. The summed E-state index contributed by atoms with van der Waals surface area (Å²) < 4.78 is 0. The molecule has 19 heavy (non-hydrogen) atoms. The lowest BCUT2D eigenvalue weighted by atomic mass is 10.1. The van der Waals surface area contributed by atoms with Crippen LogP contribution >= 0.6 is 0 Å². The fourth-order valence-corrected chi connectivity index (χ4v) is 2.28. The van der Waals surface area contributed by atoms with Crippen LogP contribution in [0.4, 0.5) is 0 Å². The lowest BCUT2D eigenvalue weighted by Crippen LogP contribution is -2.44. The first-order chi connectivity index (χ1) is 9.09. The van der Waals surface area contributed by atoms with Crippen LogP contribution in [0, 0.1) is 0 Å². The molecule has 0 spiro atoms. The number of Topliss-reactive ketones (excluding diaryl/α,β-unsaturated/α-hetero) is 1. The van der Waals surface area contributed by atoms with Crippen molar-refractivity contribution in [3.05, 3.63) is 35.9 Å². The number of hydrogen-bond acceptors (Lipinski definition) is 3. The molecule has 2 rings (SSSR count). The van der Waals surface area contributed by atoms with Crippen LogP contribution in [0.15, 0.2) is 30.3 Å². The molecule has 0 aliphatic carbocycles. The van der Waals surface area contributed by atoms with E-state index in [2.05, 4.69) is 0 Å². The predicted molar refractivity (Wildman–Crippen MR) is 67.5 cm³/mol. The second-order valence-electron chi connectivity index (χ2n) is 4.58. The van der Waals surface area contributed by atoms with Gasteiger partial charge in [0.05, 0.1) is 0 Å². The third-order valence-electron chi connectivity index (χ3n) is 3.24. The molecule has 1 aromatic carbocycles. The van der Waals surface area contributed by atoms with Gasteiger partial charge in [-0.3, -0.25) is 9.59 Å². The first-order valence-electron chi connectivity index (χ1n) is 6.20. The number of carbonyl (C=O) groups is 3. The Balaban J connectivity index is 2.03. The Morgan fingerprint density at radius 2 is 1.89 bits per heavy atom. The summed E-state index contributed by atoms with van der Waals surface area (Å²) in [5.74, 6) is -2.29. The highest BCUT2D eigenvalue weighted by Crippen LogP contribution is 2.18. The van der Waals surface area contributed by atoms with Gasteiger partial charge in [-0.25, -0.2) is 4.79 Å². The van der Waals surface area contributed by atoms with Crippen LogP contribution in [0.2, 0.25) is 0 Å². The minimum atomic E-state index is -1.04. The van der Waals surface area contributed by atoms with Crippen molar-refractivity contribution in [3.63, 3.8) is 0 Å². The van der Waals surface area contributed by atoms with Gasteiger partial charge in [-0.1, -0.05) is 30.3 Å². The van der Waals surface area contributed by atoms with Crippen LogP contribution < -0.4 is 0 Å². The molecule has 100 valence electrons. The van der Waals surface area contributed by atoms with E-state index in [0.717, 1.165) is 5.56 Å². The summed E-state index contributed by atoms with van der Waals surface area (Å²) in [6.45, 7) is 0.344. The van der Waals surface area contributed by atoms with Gasteiger partial charge in [-0.05, 0) is 18.4 Å². The molecule has 1 saturated heterocycles. The van der Waals surface area contributed by atoms with E-state index in [1.54, 1.807) is 24.3 Å². The van der Waals surface area contributed by atoms with Crippen molar-refractivity contribution in [1.82, 2.24) is 4.90 Å². The first kappa shape index (κ1) is 13.3. The van der Waals surface area contributed by atoms with Crippen LogP contribution in [0.5, 0.6) is 0 Å². The zero-order valence-electron chi connectivity index (χ0n) is 10.4. The van der Waals surface area contributed by atoms with Gasteiger partial charge in [0.2, 0.25) is 5.78 Å². The monoisotopic (exact) mass is 261 g/mol. The summed E-state index contributed by atoms with van der Waals surface area (Å²) in [7, 11) is 0. The van der Waals surface area contributed by atoms with E-state index in [1.807, 2.05) is 6.07 Å². The van der Waals surface area contributed by atoms with Crippen molar-refractivity contribution in [3.8, 4) is 0 Å². The van der Waals surface area contributed by atoms with Crippen molar-refractivity contribution in [1.29, 1.82) is 0 Å². The Morgan fingerprint density at radius 3 is 2.53 bits per heavy atom. The van der Waals surface area contributed by atoms with Crippen LogP contribution in [0.25, 0.3) is 0 Å². The van der Waals surface area contributed by atoms with Gasteiger partial charge in [-0.2, -0.15) is 0 Å². The van der Waals surface area contributed by atoms with Crippen LogP contribution in [-0.2, 0) is 20.8 Å². The molecule has 1 unspecified atom stereocenters. The summed E-state index contributed by atoms with van der Waals surface area (Å²) in [6, 6.07) is 8.10. The molecule has 0 saturated carbocycles. The number of nitrogens with zero attached hydrogens (tertiary/aromatic N) is 1.